The van der Waals surface area contributed by atoms with Crippen molar-refractivity contribution >= 4 is 29.6 Å². The molecule has 9 heterocycles. The van der Waals surface area contributed by atoms with Gasteiger partial charge in [-0.3, -0.25) is 19.2 Å². The van der Waals surface area contributed by atoms with E-state index >= 15 is 0 Å². The summed E-state index contributed by atoms with van der Waals surface area (Å²) in [7, 11) is 0. The lowest BCUT2D eigenvalue weighted by molar-refractivity contribution is -0.385. The van der Waals surface area contributed by atoms with E-state index in [2.05, 4.69) is 21.3 Å². The van der Waals surface area contributed by atoms with E-state index in [-0.39, 0.29) is 0 Å². The zero-order valence-electron chi connectivity index (χ0n) is 63.0. The van der Waals surface area contributed by atoms with E-state index in [1.807, 2.05) is 0 Å². The van der Waals surface area contributed by atoms with E-state index < -0.39 is 371 Å². The van der Waals surface area contributed by atoms with E-state index in [0.29, 0.717) is 0 Å². The number of ether oxygens (including phenoxy) is 17. The lowest BCUT2D eigenvalue weighted by atomic mass is 9.88. The van der Waals surface area contributed by atoms with Crippen molar-refractivity contribution in [1.82, 2.24) is 21.3 Å². The van der Waals surface area contributed by atoms with Gasteiger partial charge < -0.3 is 235 Å². The highest BCUT2D eigenvalue weighted by Gasteiger charge is 2.63. The minimum atomic E-state index is -3.25. The molecule has 9 saturated heterocycles. The average Bonchev–Trinajstić information content (AvgIpc) is 0.755. The Morgan fingerprint density at radius 1 is 0.368 bits per heavy atom. The van der Waals surface area contributed by atoms with Gasteiger partial charge in [0.2, 0.25) is 23.6 Å². The fraction of sp³-hybridized carbons (Fsp3) is 0.923. The number of rotatable bonds is 31. The Bertz CT molecular complexity index is 3190. The van der Waals surface area contributed by atoms with Crippen LogP contribution in [0, 0.1) is 0 Å². The summed E-state index contributed by atoms with van der Waals surface area (Å²) in [6.07, 6.45) is -85.6. The topological polar surface area (TPSA) is 816 Å². The zero-order chi connectivity index (χ0) is 86.6. The van der Waals surface area contributed by atoms with E-state index in [0.717, 1.165) is 27.7 Å². The third-order valence-corrected chi connectivity index (χ3v) is 21.2. The molecule has 0 saturated carbocycles. The Labute approximate surface area is 662 Å². The van der Waals surface area contributed by atoms with Crippen molar-refractivity contribution in [2.24, 2.45) is 0 Å². The zero-order valence-corrected chi connectivity index (χ0v) is 63.0. The van der Waals surface area contributed by atoms with Gasteiger partial charge in [0.1, 0.15) is 207 Å². The van der Waals surface area contributed by atoms with Gasteiger partial charge in [0, 0.05) is 34.1 Å². The summed E-state index contributed by atoms with van der Waals surface area (Å²) in [5, 5.41) is 296. The number of amides is 4. The predicted molar refractivity (Wildman–Crippen MR) is 359 cm³/mol. The van der Waals surface area contributed by atoms with Crippen molar-refractivity contribution in [3.63, 3.8) is 0 Å². The maximum Gasteiger partial charge on any atom is 0.364 e. The molecule has 0 aromatic carbocycles. The number of carbonyl (C=O) groups is 5. The van der Waals surface area contributed by atoms with Crippen molar-refractivity contribution < 1.29 is 237 Å². The van der Waals surface area contributed by atoms with Crippen LogP contribution in [0.5, 0.6) is 0 Å². The first kappa shape index (κ1) is 96.5. The lowest BCUT2D eigenvalue weighted by Crippen LogP contribution is -2.71. The second-order valence-electron chi connectivity index (χ2n) is 29.7. The molecule has 0 bridgehead atoms. The molecular weight excluding hydrogens is 1600 g/mol. The fourth-order valence-electron chi connectivity index (χ4n) is 14.9. The predicted octanol–water partition coefficient (Wildman–Crippen LogP) is -19.8. The molecule has 9 rings (SSSR count). The summed E-state index contributed by atoms with van der Waals surface area (Å²) in [5.74, 6) is -8.91. The second-order valence-corrected chi connectivity index (χ2v) is 29.7. The van der Waals surface area contributed by atoms with Gasteiger partial charge in [-0.25, -0.2) is 4.79 Å². The maximum atomic E-state index is 13.1. The molecule has 117 heavy (non-hydrogen) atoms. The third-order valence-electron chi connectivity index (χ3n) is 21.2. The Balaban J connectivity index is 0.921. The first-order chi connectivity index (χ1) is 55.1. The molecule has 9 aliphatic heterocycles. The minimum absolute atomic E-state index is 0.811. The first-order valence-electron chi connectivity index (χ1n) is 37.1. The third kappa shape index (κ3) is 21.5. The number of hydrogen-bond acceptors (Lipinski definition) is 47. The van der Waals surface area contributed by atoms with Gasteiger partial charge in [-0.2, -0.15) is 0 Å². The minimum Gasteiger partial charge on any atom is -0.477 e. The quantitative estimate of drug-likeness (QED) is 0.0306. The molecule has 0 unspecified atom stereocenters. The van der Waals surface area contributed by atoms with Crippen LogP contribution >= 0.6 is 0 Å². The van der Waals surface area contributed by atoms with Crippen LogP contribution < -0.4 is 21.3 Å². The van der Waals surface area contributed by atoms with Crippen molar-refractivity contribution in [1.29, 1.82) is 0 Å². The number of nitrogens with one attached hydrogen (secondary N) is 4. The van der Waals surface area contributed by atoms with Crippen LogP contribution in [0.25, 0.3) is 0 Å². The number of hydrogen-bond donors (Lipinski definition) is 30. The average molecular weight is 1710 g/mol. The summed E-state index contributed by atoms with van der Waals surface area (Å²) in [6, 6.07) is -7.21. The highest BCUT2D eigenvalue weighted by molar-refractivity contribution is 5.77. The van der Waals surface area contributed by atoms with Gasteiger partial charge >= 0.3 is 5.97 Å². The molecule has 0 aromatic heterocycles. The molecule has 0 aromatic rings. The highest BCUT2D eigenvalue weighted by Crippen LogP contribution is 2.41. The summed E-state index contributed by atoms with van der Waals surface area (Å²) < 4.78 is 98.9. The van der Waals surface area contributed by atoms with Crippen LogP contribution in [0.2, 0.25) is 0 Å². The number of carbonyl (C=O) groups excluding carboxylic acids is 4. The molecular formula is C65H108N4O48. The largest absolute Gasteiger partial charge is 0.477 e. The van der Waals surface area contributed by atoms with Gasteiger partial charge in [-0.05, 0) is 6.92 Å². The standard InChI is InChI=1S/C65H108N4O48/c1-15-33(81)42(90)45(93)59(104-15)103-14-28-52(39(87)30(56(98)105-28)67-17(3)76)112-58-32(69-19(5)78)41(89)51(25(11-74)109-58)113-62-48(96)54(115-61-47(95)43(91)35(83)22(8-71)106-61)38(86)27(111-62)13-102-60-46(94)44(92)36(84)26(110-60)12-101-57-31(68-18(4)77)40(88)50(24(10-73)108-57)114-63-49(97)55(37(85)23(9-72)107-63)117-65(64(99)100)6-20(79)29(66-16(2)75)53(116-65)34(82)21(80)7-70/h15,20-63,70-74,79-98H,6-14H2,1-5H3,(H,66,75)(H,67,76)(H,68,77)(H,69,78)(H,99,100)/t15-,20-,21+,22+,23+,24+,25+,26+,27+,28+,29+,30+,31+,32+,33+,34+,35+,36+,37-,38+,39+,40+,41+,42+,43-,44-,45-,46-,47-,48-,49+,50+,51+,52+,53+,54-,55-,56+,57+,58-,59+,60-,61+,62-,63-,65-/m0/s1. The van der Waals surface area contributed by atoms with Crippen LogP contribution in [0.1, 0.15) is 41.0 Å². The first-order valence-corrected chi connectivity index (χ1v) is 37.1. The van der Waals surface area contributed by atoms with Gasteiger partial charge in [0.05, 0.1) is 71.1 Å². The lowest BCUT2D eigenvalue weighted by Gasteiger charge is -2.51. The van der Waals surface area contributed by atoms with Crippen LogP contribution in [-0.4, -0.2) is 497 Å². The number of carboxylic acid groups (broad SMARTS) is 1. The highest BCUT2D eigenvalue weighted by atomic mass is 16.8. The summed E-state index contributed by atoms with van der Waals surface area (Å²) >= 11 is 0. The molecule has 9 aliphatic rings. The van der Waals surface area contributed by atoms with Gasteiger partial charge in [0.25, 0.3) is 5.79 Å². The Morgan fingerprint density at radius 3 is 1.24 bits per heavy atom. The van der Waals surface area contributed by atoms with Crippen molar-refractivity contribution in [2.45, 2.75) is 323 Å². The Hall–Kier alpha value is -4.33. The molecule has 0 spiro atoms. The van der Waals surface area contributed by atoms with Crippen LogP contribution in [0.3, 0.4) is 0 Å². The van der Waals surface area contributed by atoms with Gasteiger partial charge in [-0.1, -0.05) is 0 Å². The van der Waals surface area contributed by atoms with Crippen molar-refractivity contribution in [2.75, 3.05) is 52.9 Å². The number of carboxylic acids is 1. The van der Waals surface area contributed by atoms with Gasteiger partial charge in [-0.15, -0.1) is 0 Å². The molecule has 0 aliphatic carbocycles. The Kier molecular flexibility index (Phi) is 34.2. The molecule has 52 nitrogen and oxygen atoms in total. The van der Waals surface area contributed by atoms with E-state index in [1.54, 1.807) is 0 Å². The van der Waals surface area contributed by atoms with E-state index in [1.165, 1.54) is 6.92 Å². The summed E-state index contributed by atoms with van der Waals surface area (Å²) in [5.41, 5.74) is 0. The van der Waals surface area contributed by atoms with Gasteiger partial charge in [0.15, 0.2) is 50.3 Å². The fourth-order valence-corrected chi connectivity index (χ4v) is 14.9. The maximum absolute atomic E-state index is 13.1. The SMILES string of the molecule is CC(=O)N[C@@H]1[C@@H](O)[C@H](O[C@@H]2O[C@H](CO)[C@@H](O[C@@H]3O[C@H](CO[C@H]4O[C@H](CO[C@@H]5O[C@H](CO)[C@@H](O[C@@H]6O[C@H](CO)[C@H](O)[C@H](O[C@]7(C(=O)O)C[C@H](O)[C@@H](NC(C)=O)[C@H]([C@H](O)[C@H](O)CO)O7)[C@H]6O)[C@H](O)[C@H]5NC(C)=O)[C@@H](O)[C@H](O)[C@@H]4O)[C@@H](O)[C@H](O[C@H]4O[C@H](CO)[C@@H](O)[C@H](O)[C@@H]4O)[C@@H]3O)[C@H](O)[C@H]2NC(C)=O)[C@@H](CO[C@@H]2O[C@@H](C)[C@@H](O)[C@@H](O)[C@@H]2O)O[C@H]1O. The second kappa shape index (κ2) is 41.4. The van der Waals surface area contributed by atoms with E-state index in [4.69, 9.17) is 80.5 Å². The monoisotopic (exact) mass is 1710 g/mol. The molecule has 0 radical (unpaired) electrons. The molecule has 46 atom stereocenters. The van der Waals surface area contributed by atoms with Crippen LogP contribution in [0.4, 0.5) is 0 Å². The summed E-state index contributed by atoms with van der Waals surface area (Å²) in [6.45, 7) is -3.48. The Morgan fingerprint density at radius 2 is 0.726 bits per heavy atom. The van der Waals surface area contributed by atoms with Crippen molar-refractivity contribution in [3.8, 4) is 0 Å². The molecule has 4 amide bonds. The van der Waals surface area contributed by atoms with Crippen LogP contribution in [-0.2, 0) is 104 Å². The number of aliphatic carboxylic acids is 1. The number of aliphatic hydroxyl groups excluding tert-OH is 25. The molecule has 9 fully saturated rings. The number of aliphatic hydroxyl groups is 25. The normalized spacial score (nSPS) is 47.9. The van der Waals surface area contributed by atoms with Crippen molar-refractivity contribution in [3.05, 3.63) is 0 Å². The van der Waals surface area contributed by atoms with Crippen LogP contribution in [0.15, 0.2) is 0 Å². The molecule has 30 N–H and O–H groups in total. The smallest absolute Gasteiger partial charge is 0.364 e. The summed E-state index contributed by atoms with van der Waals surface area (Å²) in [4.78, 5) is 63.5. The molecule has 676 valence electrons. The van der Waals surface area contributed by atoms with E-state index in [9.17, 15) is 157 Å². The molecule has 52 heteroatoms.